The van der Waals surface area contributed by atoms with Gasteiger partial charge >= 0.3 is 0 Å². The van der Waals surface area contributed by atoms with Gasteiger partial charge in [-0.3, -0.25) is 0 Å². The van der Waals surface area contributed by atoms with Crippen LogP contribution < -0.4 is 0 Å². The molecule has 1 aliphatic rings. The second kappa shape index (κ2) is 4.05. The maximum atomic E-state index is 5.89. The summed E-state index contributed by atoms with van der Waals surface area (Å²) in [7, 11) is 0. The summed E-state index contributed by atoms with van der Waals surface area (Å²) >= 11 is 11.7. The molecular formula is C8H10Cl2. The zero-order valence-corrected chi connectivity index (χ0v) is 7.20. The topological polar surface area (TPSA) is 0 Å². The molecule has 0 aliphatic heterocycles. The van der Waals surface area contributed by atoms with Crippen LogP contribution in [0, 0.1) is 0 Å². The summed E-state index contributed by atoms with van der Waals surface area (Å²) < 4.78 is 0. The van der Waals surface area contributed by atoms with Gasteiger partial charge in [0.2, 0.25) is 0 Å². The Hall–Kier alpha value is 0.0600. The highest BCUT2D eigenvalue weighted by Crippen LogP contribution is 2.21. The molecule has 10 heavy (non-hydrogen) atoms. The number of allylic oxidation sites excluding steroid dienone is 4. The Bertz CT molecular complexity index is 159. The van der Waals surface area contributed by atoms with Gasteiger partial charge in [0.15, 0.2) is 0 Å². The summed E-state index contributed by atoms with van der Waals surface area (Å²) in [4.78, 5) is 0. The van der Waals surface area contributed by atoms with E-state index in [2.05, 4.69) is 12.2 Å². The number of halogens is 2. The van der Waals surface area contributed by atoms with E-state index in [1.807, 2.05) is 6.08 Å². The molecule has 0 saturated heterocycles. The van der Waals surface area contributed by atoms with Gasteiger partial charge in [0.1, 0.15) is 0 Å². The molecule has 0 aromatic carbocycles. The van der Waals surface area contributed by atoms with E-state index in [1.54, 1.807) is 0 Å². The summed E-state index contributed by atoms with van der Waals surface area (Å²) in [5.41, 5.74) is 0. The first-order valence-corrected chi connectivity index (χ1v) is 4.27. The Morgan fingerprint density at radius 3 is 2.90 bits per heavy atom. The molecule has 56 valence electrons. The summed E-state index contributed by atoms with van der Waals surface area (Å²) in [5.74, 6) is 0. The summed E-state index contributed by atoms with van der Waals surface area (Å²) in [5, 5.41) is 0.796. The van der Waals surface area contributed by atoms with Crippen molar-refractivity contribution in [1.29, 1.82) is 0 Å². The molecule has 1 rings (SSSR count). The van der Waals surface area contributed by atoms with E-state index in [4.69, 9.17) is 23.2 Å². The maximum Gasteiger partial charge on any atom is 0.0723 e. The number of hydrogen-bond acceptors (Lipinski definition) is 0. The van der Waals surface area contributed by atoms with Crippen LogP contribution in [0.15, 0.2) is 23.3 Å². The minimum Gasteiger partial charge on any atom is -0.117 e. The van der Waals surface area contributed by atoms with Gasteiger partial charge in [0, 0.05) is 5.03 Å². The lowest BCUT2D eigenvalue weighted by atomic mass is 10.1. The van der Waals surface area contributed by atoms with Gasteiger partial charge < -0.3 is 0 Å². The summed E-state index contributed by atoms with van der Waals surface area (Å²) in [6, 6.07) is 0. The van der Waals surface area contributed by atoms with E-state index in [1.165, 1.54) is 0 Å². The second-order valence-electron chi connectivity index (χ2n) is 2.34. The molecule has 0 nitrogen and oxygen atoms in total. The van der Waals surface area contributed by atoms with Crippen LogP contribution in [-0.2, 0) is 0 Å². The average Bonchev–Trinajstić information content (AvgIpc) is 1.92. The Kier molecular flexibility index (Phi) is 3.30. The molecule has 0 fully saturated rings. The van der Waals surface area contributed by atoms with Crippen LogP contribution in [0.25, 0.3) is 0 Å². The van der Waals surface area contributed by atoms with Crippen molar-refractivity contribution in [2.24, 2.45) is 0 Å². The summed E-state index contributed by atoms with van der Waals surface area (Å²) in [6.45, 7) is 0. The van der Waals surface area contributed by atoms with Crippen molar-refractivity contribution >= 4 is 23.2 Å². The predicted octanol–water partition coefficient (Wildman–Crippen LogP) is 3.46. The molecule has 0 bridgehead atoms. The van der Waals surface area contributed by atoms with Crippen molar-refractivity contribution in [1.82, 2.24) is 0 Å². The van der Waals surface area contributed by atoms with E-state index in [-0.39, 0.29) is 5.38 Å². The van der Waals surface area contributed by atoms with Crippen LogP contribution >= 0.6 is 23.2 Å². The fourth-order valence-corrected chi connectivity index (χ4v) is 1.28. The van der Waals surface area contributed by atoms with Crippen LogP contribution in [0.1, 0.15) is 19.3 Å². The quantitative estimate of drug-likeness (QED) is 0.392. The van der Waals surface area contributed by atoms with Crippen LogP contribution in [0.5, 0.6) is 0 Å². The highest BCUT2D eigenvalue weighted by molar-refractivity contribution is 6.37. The highest BCUT2D eigenvalue weighted by Gasteiger charge is 2.06. The maximum absolute atomic E-state index is 5.89. The average molecular weight is 177 g/mol. The van der Waals surface area contributed by atoms with E-state index in [0.717, 1.165) is 24.3 Å². The van der Waals surface area contributed by atoms with Crippen LogP contribution in [0.4, 0.5) is 0 Å². The van der Waals surface area contributed by atoms with Crippen molar-refractivity contribution in [2.75, 3.05) is 0 Å². The Balaban J connectivity index is 2.56. The SMILES string of the molecule is ClC1=CCC/C=C\CC1Cl. The Morgan fingerprint density at radius 2 is 2.10 bits per heavy atom. The second-order valence-corrected chi connectivity index (χ2v) is 3.30. The predicted molar refractivity (Wildman–Crippen MR) is 46.6 cm³/mol. The third-order valence-electron chi connectivity index (χ3n) is 1.48. The fourth-order valence-electron chi connectivity index (χ4n) is 0.891. The molecule has 0 amide bonds. The standard InChI is InChI=1S/C8H10Cl2/c9-7-5-3-1-2-4-6-8(7)10/h1,3,6-7H,2,4-5H2/b3-1-,8-6?. The molecule has 0 aromatic rings. The molecule has 0 radical (unpaired) electrons. The van der Waals surface area contributed by atoms with E-state index < -0.39 is 0 Å². The number of alkyl halides is 1. The zero-order valence-electron chi connectivity index (χ0n) is 5.69. The lowest BCUT2D eigenvalue weighted by molar-refractivity contribution is 0.954. The molecule has 2 heteroatoms. The lowest BCUT2D eigenvalue weighted by Crippen LogP contribution is -1.97. The Morgan fingerprint density at radius 1 is 1.30 bits per heavy atom. The first-order valence-electron chi connectivity index (χ1n) is 3.45. The van der Waals surface area contributed by atoms with Gasteiger partial charge in [-0.1, -0.05) is 29.8 Å². The molecule has 0 N–H and O–H groups in total. The first-order chi connectivity index (χ1) is 4.80. The van der Waals surface area contributed by atoms with Crippen LogP contribution in [0.2, 0.25) is 0 Å². The molecule has 1 atom stereocenters. The molecule has 0 saturated carbocycles. The van der Waals surface area contributed by atoms with Crippen LogP contribution in [-0.4, -0.2) is 5.38 Å². The van der Waals surface area contributed by atoms with Crippen LogP contribution in [0.3, 0.4) is 0 Å². The minimum atomic E-state index is -0.00165. The molecule has 1 aliphatic carbocycles. The smallest absolute Gasteiger partial charge is 0.0723 e. The monoisotopic (exact) mass is 176 g/mol. The molecule has 0 spiro atoms. The number of hydrogen-bond donors (Lipinski definition) is 0. The molecule has 0 aromatic heterocycles. The van der Waals surface area contributed by atoms with Gasteiger partial charge in [-0.15, -0.1) is 11.6 Å². The van der Waals surface area contributed by atoms with Crippen molar-refractivity contribution in [2.45, 2.75) is 24.6 Å². The third kappa shape index (κ3) is 2.36. The largest absolute Gasteiger partial charge is 0.117 e. The molecular weight excluding hydrogens is 167 g/mol. The van der Waals surface area contributed by atoms with E-state index in [9.17, 15) is 0 Å². The van der Waals surface area contributed by atoms with Crippen molar-refractivity contribution in [3.8, 4) is 0 Å². The normalized spacial score (nSPS) is 30.2. The van der Waals surface area contributed by atoms with Gasteiger partial charge in [0.05, 0.1) is 5.38 Å². The van der Waals surface area contributed by atoms with E-state index >= 15 is 0 Å². The van der Waals surface area contributed by atoms with E-state index in [0.29, 0.717) is 0 Å². The number of rotatable bonds is 0. The fraction of sp³-hybridized carbons (Fsp3) is 0.500. The first kappa shape index (κ1) is 8.16. The third-order valence-corrected chi connectivity index (χ3v) is 2.42. The lowest BCUT2D eigenvalue weighted by Gasteiger charge is -2.06. The van der Waals surface area contributed by atoms with Crippen molar-refractivity contribution in [3.63, 3.8) is 0 Å². The van der Waals surface area contributed by atoms with Crippen molar-refractivity contribution in [3.05, 3.63) is 23.3 Å². The zero-order chi connectivity index (χ0) is 7.40. The Labute approximate surface area is 71.5 Å². The van der Waals surface area contributed by atoms with Gasteiger partial charge in [-0.05, 0) is 19.3 Å². The molecule has 1 unspecified atom stereocenters. The molecule has 0 heterocycles. The highest BCUT2D eigenvalue weighted by atomic mass is 35.5. The van der Waals surface area contributed by atoms with Crippen molar-refractivity contribution < 1.29 is 0 Å². The van der Waals surface area contributed by atoms with Gasteiger partial charge in [-0.25, -0.2) is 0 Å². The summed E-state index contributed by atoms with van der Waals surface area (Å²) in [6.07, 6.45) is 9.19. The van der Waals surface area contributed by atoms with Gasteiger partial charge in [0.25, 0.3) is 0 Å². The minimum absolute atomic E-state index is 0.00165. The van der Waals surface area contributed by atoms with Gasteiger partial charge in [-0.2, -0.15) is 0 Å².